The monoisotopic (exact) mass is 506 g/mol. The number of piperazine rings is 1. The number of hydrogen-bond donors (Lipinski definition) is 4. The number of H-pyrrole nitrogens is 2. The lowest BCUT2D eigenvalue weighted by atomic mass is 10.1. The van der Waals surface area contributed by atoms with Crippen LogP contribution in [0.5, 0.6) is 5.88 Å². The molecule has 2 fully saturated rings. The van der Waals surface area contributed by atoms with Crippen LogP contribution in [-0.4, -0.2) is 71.7 Å². The third kappa shape index (κ3) is 4.33. The minimum Gasteiger partial charge on any atom is -0.493 e. The Bertz CT molecular complexity index is 1630. The molecule has 0 aromatic carbocycles. The Morgan fingerprint density at radius 3 is 2.69 bits per heavy atom. The molecular weight excluding hydrogens is 480 g/mol. The van der Waals surface area contributed by atoms with Crippen LogP contribution < -0.4 is 21.7 Å². The van der Waals surface area contributed by atoms with Crippen LogP contribution in [0.3, 0.4) is 0 Å². The lowest BCUT2D eigenvalue weighted by Gasteiger charge is -2.35. The lowest BCUT2D eigenvalue weighted by Crippen LogP contribution is -2.55. The van der Waals surface area contributed by atoms with Crippen LogP contribution in [-0.2, 0) is 0 Å². The maximum atomic E-state index is 13.2. The van der Waals surface area contributed by atoms with E-state index < -0.39 is 5.69 Å². The van der Waals surface area contributed by atoms with Gasteiger partial charge in [0.1, 0.15) is 5.69 Å². The number of aromatic amines is 2. The van der Waals surface area contributed by atoms with Gasteiger partial charge in [-0.15, -0.1) is 11.3 Å². The summed E-state index contributed by atoms with van der Waals surface area (Å²) in [5, 5.41) is 20.5. The average molecular weight is 507 g/mol. The second kappa shape index (κ2) is 8.71. The second-order valence-electron chi connectivity index (χ2n) is 9.56. The van der Waals surface area contributed by atoms with E-state index in [0.29, 0.717) is 40.0 Å². The Balaban J connectivity index is 1.42. The van der Waals surface area contributed by atoms with Crippen LogP contribution in [0.25, 0.3) is 23.0 Å². The van der Waals surface area contributed by atoms with Crippen molar-refractivity contribution >= 4 is 29.0 Å². The number of rotatable bonds is 4. The highest BCUT2D eigenvalue weighted by Gasteiger charge is 2.27. The molecule has 1 saturated heterocycles. The summed E-state index contributed by atoms with van der Waals surface area (Å²) in [7, 11) is 0. The van der Waals surface area contributed by atoms with Crippen LogP contribution in [0, 0.1) is 0 Å². The van der Waals surface area contributed by atoms with Crippen LogP contribution in [0.2, 0.25) is 0 Å². The van der Waals surface area contributed by atoms with E-state index in [-0.39, 0.29) is 35.6 Å². The molecule has 1 aliphatic heterocycles. The van der Waals surface area contributed by atoms with Crippen molar-refractivity contribution in [2.75, 3.05) is 13.1 Å². The molecule has 4 N–H and O–H groups in total. The number of fused-ring (bicyclic) bond motifs is 1. The van der Waals surface area contributed by atoms with Crippen molar-refractivity contribution in [2.45, 2.75) is 44.8 Å². The third-order valence-electron chi connectivity index (χ3n) is 6.33. The number of hydrogen-bond acceptors (Lipinski definition) is 8. The van der Waals surface area contributed by atoms with E-state index in [1.54, 1.807) is 16.8 Å². The topological polar surface area (TPSA) is 144 Å². The Kier molecular flexibility index (Phi) is 5.49. The minimum atomic E-state index is -0.503. The first-order valence-corrected chi connectivity index (χ1v) is 12.8. The predicted octanol–water partition coefficient (Wildman–Crippen LogP) is 0.613. The molecule has 2 atom stereocenters. The largest absolute Gasteiger partial charge is 0.493 e. The number of aromatic nitrogens is 5. The number of amides is 1. The Labute approximate surface area is 209 Å². The molecule has 2 aliphatic rings. The Hall–Kier alpha value is -3.77. The normalized spacial score (nSPS) is 21.6. The number of nitrogens with zero attached hydrogens (tertiary/aromatic N) is 5. The first-order chi connectivity index (χ1) is 17.3. The summed E-state index contributed by atoms with van der Waals surface area (Å²) in [5.74, 6) is -0.225. The van der Waals surface area contributed by atoms with Gasteiger partial charge in [0.25, 0.3) is 5.91 Å². The third-order valence-corrected chi connectivity index (χ3v) is 7.25. The predicted molar refractivity (Wildman–Crippen MR) is 135 cm³/mol. The van der Waals surface area contributed by atoms with Crippen molar-refractivity contribution in [3.05, 3.63) is 55.5 Å². The molecule has 6 rings (SSSR count). The molecule has 1 aliphatic carbocycles. The van der Waals surface area contributed by atoms with E-state index in [1.807, 2.05) is 22.4 Å². The number of nitrogens with one attached hydrogen (secondary N) is 3. The van der Waals surface area contributed by atoms with Crippen molar-refractivity contribution in [3.63, 3.8) is 0 Å². The lowest BCUT2D eigenvalue weighted by molar-refractivity contribution is 0.0678. The molecule has 1 amide bonds. The first kappa shape index (κ1) is 22.7. The van der Waals surface area contributed by atoms with Crippen LogP contribution >= 0.6 is 11.3 Å². The zero-order chi connectivity index (χ0) is 25.0. The molecule has 0 radical (unpaired) electrons. The molecule has 0 spiro atoms. The SMILES string of the molecule is C[C@@H]1CN(C(=O)c2cc(-c3cc(=NC4CC4)n4nc/c(=C/c5[nH]c(=O)[nH]c5O)c4n3)cs2)C[C@H](C)N1. The van der Waals surface area contributed by atoms with Gasteiger partial charge in [-0.25, -0.2) is 9.78 Å². The van der Waals surface area contributed by atoms with Gasteiger partial charge in [-0.3, -0.25) is 14.8 Å². The summed E-state index contributed by atoms with van der Waals surface area (Å²) in [6, 6.07) is 4.54. The van der Waals surface area contributed by atoms with Crippen molar-refractivity contribution in [2.24, 2.45) is 4.99 Å². The fourth-order valence-corrected chi connectivity index (χ4v) is 5.44. The quantitative estimate of drug-likeness (QED) is 0.319. The van der Waals surface area contributed by atoms with E-state index in [4.69, 9.17) is 9.98 Å². The van der Waals surface area contributed by atoms with Crippen molar-refractivity contribution < 1.29 is 9.90 Å². The molecule has 36 heavy (non-hydrogen) atoms. The Morgan fingerprint density at radius 1 is 1.22 bits per heavy atom. The van der Waals surface area contributed by atoms with Gasteiger partial charge in [0, 0.05) is 47.4 Å². The summed E-state index contributed by atoms with van der Waals surface area (Å²) >= 11 is 1.41. The fraction of sp³-hybridized carbons (Fsp3) is 0.375. The molecule has 12 heteroatoms. The second-order valence-corrected chi connectivity index (χ2v) is 10.5. The maximum Gasteiger partial charge on any atom is 0.326 e. The summed E-state index contributed by atoms with van der Waals surface area (Å²) < 4.78 is 1.66. The zero-order valence-electron chi connectivity index (χ0n) is 19.9. The van der Waals surface area contributed by atoms with Crippen molar-refractivity contribution in [1.29, 1.82) is 0 Å². The van der Waals surface area contributed by atoms with Gasteiger partial charge in [-0.1, -0.05) is 0 Å². The smallest absolute Gasteiger partial charge is 0.326 e. The number of thiophene rings is 1. The number of carbonyl (C=O) groups is 1. The van der Waals surface area contributed by atoms with Gasteiger partial charge >= 0.3 is 5.69 Å². The molecule has 1 saturated carbocycles. The van der Waals surface area contributed by atoms with E-state index >= 15 is 0 Å². The molecule has 4 aromatic heterocycles. The van der Waals surface area contributed by atoms with E-state index in [0.717, 1.165) is 18.4 Å². The van der Waals surface area contributed by atoms with E-state index in [9.17, 15) is 14.7 Å². The summed E-state index contributed by atoms with van der Waals surface area (Å²) in [6.07, 6.45) is 5.31. The minimum absolute atomic E-state index is 0.0284. The Morgan fingerprint density at radius 2 is 2.00 bits per heavy atom. The molecule has 186 valence electrons. The molecule has 4 aromatic rings. The van der Waals surface area contributed by atoms with Gasteiger partial charge < -0.3 is 20.3 Å². The van der Waals surface area contributed by atoms with Crippen LogP contribution in [0.4, 0.5) is 0 Å². The molecule has 5 heterocycles. The average Bonchev–Trinajstić information content (AvgIpc) is 3.22. The number of aromatic hydroxyl groups is 1. The number of carbonyl (C=O) groups excluding carboxylic acids is 1. The summed E-state index contributed by atoms with van der Waals surface area (Å²) in [5.41, 5.74) is 2.47. The first-order valence-electron chi connectivity index (χ1n) is 11.9. The van der Waals surface area contributed by atoms with E-state index in [2.05, 4.69) is 34.2 Å². The standard InChI is InChI=1S/C24H26N8O3S/c1-12-9-31(10-13(2)26-12)23(34)19-6-15(11-36-19)17-7-20(27-16-3-4-16)32-21(28-17)14(8-25-32)5-18-22(33)30-24(35)29-18/h5-8,11-13,16,26,33H,3-4,9-10H2,1-2H3,(H2,29,30,35)/b14-5-,27-20?/t12-,13+. The highest BCUT2D eigenvalue weighted by molar-refractivity contribution is 7.12. The van der Waals surface area contributed by atoms with Gasteiger partial charge in [0.15, 0.2) is 11.1 Å². The van der Waals surface area contributed by atoms with Crippen molar-refractivity contribution in [3.8, 4) is 17.1 Å². The zero-order valence-corrected chi connectivity index (χ0v) is 20.7. The van der Waals surface area contributed by atoms with Crippen LogP contribution in [0.1, 0.15) is 42.1 Å². The number of imidazole rings is 1. The summed E-state index contributed by atoms with van der Waals surface area (Å²) in [4.78, 5) is 41.8. The fourth-order valence-electron chi connectivity index (χ4n) is 4.58. The maximum absolute atomic E-state index is 13.2. The van der Waals surface area contributed by atoms with Gasteiger partial charge in [0.05, 0.1) is 22.8 Å². The highest BCUT2D eigenvalue weighted by atomic mass is 32.1. The molecular formula is C24H26N8O3S. The highest BCUT2D eigenvalue weighted by Crippen LogP contribution is 2.26. The van der Waals surface area contributed by atoms with Gasteiger partial charge in [0.2, 0.25) is 5.88 Å². The van der Waals surface area contributed by atoms with Gasteiger partial charge in [-0.2, -0.15) is 9.61 Å². The van der Waals surface area contributed by atoms with Gasteiger partial charge in [-0.05, 0) is 38.8 Å². The molecule has 0 unspecified atom stereocenters. The van der Waals surface area contributed by atoms with Crippen molar-refractivity contribution in [1.82, 2.24) is 34.8 Å². The molecule has 11 nitrogen and oxygen atoms in total. The molecule has 0 bridgehead atoms. The summed E-state index contributed by atoms with van der Waals surface area (Å²) in [6.45, 7) is 5.52. The van der Waals surface area contributed by atoms with E-state index in [1.165, 1.54) is 11.3 Å². The van der Waals surface area contributed by atoms with Crippen LogP contribution in [0.15, 0.2) is 33.5 Å².